The summed E-state index contributed by atoms with van der Waals surface area (Å²) in [6.45, 7) is 1.82. The SMILES string of the molecule is NCC#Cc1cncc(C(=O)NCC(=O)N2CCCC2)c1. The lowest BCUT2D eigenvalue weighted by atomic mass is 10.2. The largest absolute Gasteiger partial charge is 0.343 e. The molecule has 0 bridgehead atoms. The van der Waals surface area contributed by atoms with Crippen molar-refractivity contribution < 1.29 is 9.59 Å². The third kappa shape index (κ3) is 4.29. The summed E-state index contributed by atoms with van der Waals surface area (Å²) in [6, 6.07) is 1.63. The first kappa shape index (κ1) is 15.0. The van der Waals surface area contributed by atoms with Gasteiger partial charge in [-0.15, -0.1) is 0 Å². The van der Waals surface area contributed by atoms with Crippen LogP contribution in [0.15, 0.2) is 18.5 Å². The lowest BCUT2D eigenvalue weighted by molar-refractivity contribution is -0.129. The average Bonchev–Trinajstić information content (AvgIpc) is 3.05. The number of hydrogen-bond donors (Lipinski definition) is 2. The molecule has 1 fully saturated rings. The van der Waals surface area contributed by atoms with E-state index in [-0.39, 0.29) is 24.9 Å². The van der Waals surface area contributed by atoms with Crippen LogP contribution in [0.2, 0.25) is 0 Å². The normalized spacial score (nSPS) is 13.5. The van der Waals surface area contributed by atoms with Gasteiger partial charge < -0.3 is 16.0 Å². The standard InChI is InChI=1S/C15H18N4O2/c16-5-3-4-12-8-13(10-17-9-12)15(21)18-11-14(20)19-6-1-2-7-19/h8-10H,1-2,5-7,11,16H2,(H,18,21). The van der Waals surface area contributed by atoms with E-state index in [0.717, 1.165) is 25.9 Å². The highest BCUT2D eigenvalue weighted by atomic mass is 16.2. The summed E-state index contributed by atoms with van der Waals surface area (Å²) in [4.78, 5) is 29.6. The molecule has 110 valence electrons. The number of pyridine rings is 1. The maximum absolute atomic E-state index is 12.0. The number of amides is 2. The molecule has 0 aromatic carbocycles. The monoisotopic (exact) mass is 286 g/mol. The van der Waals surface area contributed by atoms with Crippen LogP contribution in [-0.2, 0) is 4.79 Å². The van der Waals surface area contributed by atoms with Crippen molar-refractivity contribution in [1.29, 1.82) is 0 Å². The van der Waals surface area contributed by atoms with Gasteiger partial charge >= 0.3 is 0 Å². The van der Waals surface area contributed by atoms with Gasteiger partial charge in [0.25, 0.3) is 5.91 Å². The number of nitrogens with zero attached hydrogens (tertiary/aromatic N) is 2. The van der Waals surface area contributed by atoms with Crippen LogP contribution in [0.5, 0.6) is 0 Å². The van der Waals surface area contributed by atoms with Crippen molar-refractivity contribution in [3.63, 3.8) is 0 Å². The van der Waals surface area contributed by atoms with Crippen LogP contribution in [0, 0.1) is 11.8 Å². The molecule has 2 amide bonds. The van der Waals surface area contributed by atoms with Gasteiger partial charge in [-0.1, -0.05) is 11.8 Å². The molecule has 6 nitrogen and oxygen atoms in total. The van der Waals surface area contributed by atoms with Gasteiger partial charge in [-0.25, -0.2) is 0 Å². The molecule has 0 saturated carbocycles. The highest BCUT2D eigenvalue weighted by molar-refractivity contribution is 5.96. The van der Waals surface area contributed by atoms with Crippen LogP contribution < -0.4 is 11.1 Å². The number of hydrogen-bond acceptors (Lipinski definition) is 4. The van der Waals surface area contributed by atoms with E-state index in [1.807, 2.05) is 0 Å². The minimum Gasteiger partial charge on any atom is -0.343 e. The first-order valence-corrected chi connectivity index (χ1v) is 6.90. The molecule has 6 heteroatoms. The number of carbonyl (C=O) groups is 2. The summed E-state index contributed by atoms with van der Waals surface area (Å²) in [6.07, 6.45) is 5.08. The molecule has 0 atom stereocenters. The van der Waals surface area contributed by atoms with Gasteiger partial charge in [0.15, 0.2) is 0 Å². The maximum Gasteiger partial charge on any atom is 0.253 e. The molecule has 1 aromatic heterocycles. The first-order valence-electron chi connectivity index (χ1n) is 6.90. The molecule has 0 spiro atoms. The quantitative estimate of drug-likeness (QED) is 0.750. The number of nitrogens with one attached hydrogen (secondary N) is 1. The maximum atomic E-state index is 12.0. The molecule has 3 N–H and O–H groups in total. The molecular weight excluding hydrogens is 268 g/mol. The fraction of sp³-hybridized carbons (Fsp3) is 0.400. The summed E-state index contributed by atoms with van der Waals surface area (Å²) in [5.74, 6) is 5.14. The number of carbonyl (C=O) groups excluding carboxylic acids is 2. The van der Waals surface area contributed by atoms with Gasteiger partial charge in [0.2, 0.25) is 5.91 Å². The van der Waals surface area contributed by atoms with E-state index in [4.69, 9.17) is 5.73 Å². The number of rotatable bonds is 3. The van der Waals surface area contributed by atoms with Gasteiger partial charge in [-0.05, 0) is 18.9 Å². The van der Waals surface area contributed by atoms with Crippen LogP contribution in [0.25, 0.3) is 0 Å². The predicted octanol–water partition coefficient (Wildman–Crippen LogP) is -0.256. The van der Waals surface area contributed by atoms with Crippen molar-refractivity contribution in [1.82, 2.24) is 15.2 Å². The second-order valence-electron chi connectivity index (χ2n) is 4.74. The molecule has 1 aromatic rings. The minimum atomic E-state index is -0.327. The summed E-state index contributed by atoms with van der Waals surface area (Å²) in [7, 11) is 0. The third-order valence-electron chi connectivity index (χ3n) is 3.19. The Morgan fingerprint density at radius 3 is 2.81 bits per heavy atom. The molecule has 1 aliphatic rings. The lowest BCUT2D eigenvalue weighted by Crippen LogP contribution is -2.38. The van der Waals surface area contributed by atoms with Gasteiger partial charge in [0.1, 0.15) is 0 Å². The van der Waals surface area contributed by atoms with Gasteiger partial charge in [0.05, 0.1) is 18.7 Å². The molecule has 21 heavy (non-hydrogen) atoms. The Morgan fingerprint density at radius 2 is 2.10 bits per heavy atom. The Morgan fingerprint density at radius 1 is 1.33 bits per heavy atom. The van der Waals surface area contributed by atoms with Gasteiger partial charge in [-0.2, -0.15) is 0 Å². The number of nitrogens with two attached hydrogens (primary N) is 1. The van der Waals surface area contributed by atoms with Gasteiger partial charge in [0, 0.05) is 31.0 Å². The van der Waals surface area contributed by atoms with E-state index in [9.17, 15) is 9.59 Å². The number of aromatic nitrogens is 1. The van der Waals surface area contributed by atoms with Crippen LogP contribution in [-0.4, -0.2) is 47.9 Å². The second-order valence-corrected chi connectivity index (χ2v) is 4.74. The van der Waals surface area contributed by atoms with E-state index in [1.165, 1.54) is 6.20 Å². The predicted molar refractivity (Wildman–Crippen MR) is 78.3 cm³/mol. The highest BCUT2D eigenvalue weighted by Gasteiger charge is 2.18. The number of likely N-dealkylation sites (tertiary alicyclic amines) is 1. The van der Waals surface area contributed by atoms with E-state index >= 15 is 0 Å². The zero-order valence-electron chi connectivity index (χ0n) is 11.8. The van der Waals surface area contributed by atoms with E-state index in [2.05, 4.69) is 22.1 Å². The van der Waals surface area contributed by atoms with Crippen LogP contribution in [0.1, 0.15) is 28.8 Å². The molecule has 2 heterocycles. The molecule has 0 aliphatic carbocycles. The smallest absolute Gasteiger partial charge is 0.253 e. The summed E-state index contributed by atoms with van der Waals surface area (Å²) in [5.41, 5.74) is 6.31. The Labute approximate surface area is 123 Å². The zero-order chi connectivity index (χ0) is 15.1. The van der Waals surface area contributed by atoms with E-state index in [1.54, 1.807) is 17.2 Å². The van der Waals surface area contributed by atoms with Crippen molar-refractivity contribution in [2.75, 3.05) is 26.2 Å². The molecule has 1 aliphatic heterocycles. The fourth-order valence-electron chi connectivity index (χ4n) is 2.12. The van der Waals surface area contributed by atoms with Crippen molar-refractivity contribution >= 4 is 11.8 Å². The second kappa shape index (κ2) is 7.41. The van der Waals surface area contributed by atoms with Crippen LogP contribution >= 0.6 is 0 Å². The molecule has 1 saturated heterocycles. The molecular formula is C15H18N4O2. The highest BCUT2D eigenvalue weighted by Crippen LogP contribution is 2.07. The Hall–Kier alpha value is -2.39. The van der Waals surface area contributed by atoms with E-state index in [0.29, 0.717) is 11.1 Å². The lowest BCUT2D eigenvalue weighted by Gasteiger charge is -2.15. The molecule has 0 radical (unpaired) electrons. The van der Waals surface area contributed by atoms with Gasteiger partial charge in [-0.3, -0.25) is 14.6 Å². The Kier molecular flexibility index (Phi) is 5.29. The Balaban J connectivity index is 1.92. The van der Waals surface area contributed by atoms with Crippen LogP contribution in [0.3, 0.4) is 0 Å². The summed E-state index contributed by atoms with van der Waals surface area (Å²) < 4.78 is 0. The average molecular weight is 286 g/mol. The molecule has 0 unspecified atom stereocenters. The van der Waals surface area contributed by atoms with E-state index < -0.39 is 0 Å². The zero-order valence-corrected chi connectivity index (χ0v) is 11.8. The van der Waals surface area contributed by atoms with Crippen molar-refractivity contribution in [2.24, 2.45) is 5.73 Å². The van der Waals surface area contributed by atoms with Crippen molar-refractivity contribution in [2.45, 2.75) is 12.8 Å². The fourth-order valence-corrected chi connectivity index (χ4v) is 2.12. The summed E-state index contributed by atoms with van der Waals surface area (Å²) in [5, 5.41) is 2.62. The molecule has 2 rings (SSSR count). The first-order chi connectivity index (χ1) is 10.2. The van der Waals surface area contributed by atoms with Crippen molar-refractivity contribution in [3.8, 4) is 11.8 Å². The van der Waals surface area contributed by atoms with Crippen LogP contribution in [0.4, 0.5) is 0 Å². The minimum absolute atomic E-state index is 0.0114. The Bertz CT molecular complexity index is 583. The van der Waals surface area contributed by atoms with Crippen molar-refractivity contribution in [3.05, 3.63) is 29.6 Å². The topological polar surface area (TPSA) is 88.3 Å². The summed E-state index contributed by atoms with van der Waals surface area (Å²) >= 11 is 0. The third-order valence-corrected chi connectivity index (χ3v) is 3.19.